The summed E-state index contributed by atoms with van der Waals surface area (Å²) in [6.45, 7) is 1.41. The molecule has 1 aliphatic rings. The van der Waals surface area contributed by atoms with Crippen molar-refractivity contribution in [3.8, 4) is 0 Å². The topological polar surface area (TPSA) is 62.9 Å². The van der Waals surface area contributed by atoms with Crippen LogP contribution in [0.2, 0.25) is 0 Å². The number of rotatable bonds is 2. The van der Waals surface area contributed by atoms with Crippen LogP contribution >= 0.6 is 0 Å². The van der Waals surface area contributed by atoms with E-state index in [0.717, 1.165) is 10.9 Å². The van der Waals surface area contributed by atoms with Crippen molar-refractivity contribution in [3.05, 3.63) is 82.0 Å². The van der Waals surface area contributed by atoms with Crippen molar-refractivity contribution in [3.63, 3.8) is 0 Å². The second-order valence-corrected chi connectivity index (χ2v) is 6.17. The third-order valence-corrected chi connectivity index (χ3v) is 4.44. The van der Waals surface area contributed by atoms with Crippen molar-refractivity contribution < 1.29 is 13.6 Å². The van der Waals surface area contributed by atoms with E-state index >= 15 is 0 Å². The van der Waals surface area contributed by atoms with Gasteiger partial charge in [0.25, 0.3) is 0 Å². The molecule has 1 atom stereocenters. The molecule has 0 aliphatic carbocycles. The van der Waals surface area contributed by atoms with E-state index in [0.29, 0.717) is 23.3 Å². The van der Waals surface area contributed by atoms with Gasteiger partial charge in [0.2, 0.25) is 5.91 Å². The van der Waals surface area contributed by atoms with E-state index in [1.165, 1.54) is 24.1 Å². The number of halogens is 1. The standard InChI is InChI=1S/C20H15FN2O3/c1-12(24)23-18(13-6-8-15(21)9-7-13)11-17(22-23)16-10-14-4-2-3-5-19(14)26-20(16)25/h2-10,18H,11H2,1H3/t18-/m0/s1. The van der Waals surface area contributed by atoms with Gasteiger partial charge in [-0.15, -0.1) is 0 Å². The van der Waals surface area contributed by atoms with Gasteiger partial charge in [-0.2, -0.15) is 5.10 Å². The van der Waals surface area contributed by atoms with Gasteiger partial charge in [-0.05, 0) is 29.8 Å². The predicted molar refractivity (Wildman–Crippen MR) is 95.3 cm³/mol. The van der Waals surface area contributed by atoms with Gasteiger partial charge in [-0.3, -0.25) is 4.79 Å². The number of carbonyl (C=O) groups excluding carboxylic acids is 1. The Bertz CT molecular complexity index is 1090. The summed E-state index contributed by atoms with van der Waals surface area (Å²) in [5.41, 5.74) is 1.57. The van der Waals surface area contributed by atoms with Crippen molar-refractivity contribution in [1.82, 2.24) is 5.01 Å². The van der Waals surface area contributed by atoms with Crippen LogP contribution < -0.4 is 5.63 Å². The molecule has 2 aromatic carbocycles. The first kappa shape index (κ1) is 16.2. The maximum Gasteiger partial charge on any atom is 0.345 e. The fourth-order valence-electron chi connectivity index (χ4n) is 3.17. The maximum atomic E-state index is 13.2. The highest BCUT2D eigenvalue weighted by atomic mass is 19.1. The van der Waals surface area contributed by atoms with Gasteiger partial charge in [0.1, 0.15) is 11.4 Å². The van der Waals surface area contributed by atoms with Crippen LogP contribution in [0.25, 0.3) is 11.0 Å². The Labute approximate surface area is 148 Å². The molecule has 0 unspecified atom stereocenters. The summed E-state index contributed by atoms with van der Waals surface area (Å²) >= 11 is 0. The molecular formula is C20H15FN2O3. The lowest BCUT2D eigenvalue weighted by Gasteiger charge is -2.20. The summed E-state index contributed by atoms with van der Waals surface area (Å²) in [5, 5.41) is 6.46. The normalized spacial score (nSPS) is 16.8. The van der Waals surface area contributed by atoms with Crippen LogP contribution in [0.15, 0.2) is 68.9 Å². The Morgan fingerprint density at radius 2 is 1.92 bits per heavy atom. The molecule has 0 saturated heterocycles. The second kappa shape index (κ2) is 6.22. The van der Waals surface area contributed by atoms with Crippen LogP contribution in [-0.4, -0.2) is 16.6 Å². The highest BCUT2D eigenvalue weighted by molar-refractivity contribution is 6.04. The molecule has 5 nitrogen and oxygen atoms in total. The van der Waals surface area contributed by atoms with Crippen LogP contribution in [-0.2, 0) is 4.79 Å². The van der Waals surface area contributed by atoms with E-state index in [-0.39, 0.29) is 17.8 Å². The zero-order valence-corrected chi connectivity index (χ0v) is 14.0. The molecule has 1 amide bonds. The van der Waals surface area contributed by atoms with Crippen LogP contribution in [0.5, 0.6) is 0 Å². The van der Waals surface area contributed by atoms with Gasteiger partial charge in [0.15, 0.2) is 0 Å². The van der Waals surface area contributed by atoms with E-state index < -0.39 is 5.63 Å². The molecule has 0 bridgehead atoms. The largest absolute Gasteiger partial charge is 0.422 e. The first-order valence-electron chi connectivity index (χ1n) is 8.19. The van der Waals surface area contributed by atoms with E-state index in [9.17, 15) is 14.0 Å². The van der Waals surface area contributed by atoms with Crippen molar-refractivity contribution in [1.29, 1.82) is 0 Å². The lowest BCUT2D eigenvalue weighted by molar-refractivity contribution is -0.130. The van der Waals surface area contributed by atoms with Crippen molar-refractivity contribution in [2.24, 2.45) is 5.10 Å². The SMILES string of the molecule is CC(=O)N1N=C(c2cc3ccccc3oc2=O)C[C@H]1c1ccc(F)cc1. The molecule has 3 aromatic rings. The fourth-order valence-corrected chi connectivity index (χ4v) is 3.17. The summed E-state index contributed by atoms with van der Waals surface area (Å²) in [5.74, 6) is -0.600. The molecular weight excluding hydrogens is 335 g/mol. The molecule has 0 radical (unpaired) electrons. The van der Waals surface area contributed by atoms with Crippen molar-refractivity contribution >= 4 is 22.6 Å². The van der Waals surface area contributed by atoms with Gasteiger partial charge >= 0.3 is 5.63 Å². The van der Waals surface area contributed by atoms with E-state index in [2.05, 4.69) is 5.10 Å². The number of hydrogen-bond donors (Lipinski definition) is 0. The van der Waals surface area contributed by atoms with Crippen molar-refractivity contribution in [2.75, 3.05) is 0 Å². The van der Waals surface area contributed by atoms with Gasteiger partial charge in [0.05, 0.1) is 17.3 Å². The average molecular weight is 350 g/mol. The third-order valence-electron chi connectivity index (χ3n) is 4.44. The molecule has 26 heavy (non-hydrogen) atoms. The third kappa shape index (κ3) is 2.79. The smallest absolute Gasteiger partial charge is 0.345 e. The Morgan fingerprint density at radius 3 is 2.65 bits per heavy atom. The zero-order valence-electron chi connectivity index (χ0n) is 14.0. The second-order valence-electron chi connectivity index (χ2n) is 6.17. The quantitative estimate of drug-likeness (QED) is 0.663. The minimum atomic E-state index is -0.495. The predicted octanol–water partition coefficient (Wildman–Crippen LogP) is 3.63. The number of amides is 1. The number of hydrazone groups is 1. The first-order chi connectivity index (χ1) is 12.5. The van der Waals surface area contributed by atoms with Gasteiger partial charge < -0.3 is 4.42 Å². The molecule has 0 N–H and O–H groups in total. The molecule has 0 fully saturated rings. The van der Waals surface area contributed by atoms with E-state index in [1.807, 2.05) is 12.1 Å². The summed E-state index contributed by atoms with van der Waals surface area (Å²) in [6, 6.07) is 14.5. The zero-order chi connectivity index (χ0) is 18.3. The Balaban J connectivity index is 1.77. The molecule has 0 saturated carbocycles. The fraction of sp³-hybridized carbons (Fsp3) is 0.150. The minimum Gasteiger partial charge on any atom is -0.422 e. The Morgan fingerprint density at radius 1 is 1.19 bits per heavy atom. The lowest BCUT2D eigenvalue weighted by Crippen LogP contribution is -2.24. The molecule has 4 rings (SSSR count). The van der Waals surface area contributed by atoms with E-state index in [4.69, 9.17) is 4.42 Å². The van der Waals surface area contributed by atoms with Gasteiger partial charge in [-0.1, -0.05) is 30.3 Å². The number of benzene rings is 2. The van der Waals surface area contributed by atoms with Crippen LogP contribution in [0.1, 0.15) is 30.5 Å². The molecule has 1 aliphatic heterocycles. The number of para-hydroxylation sites is 1. The monoisotopic (exact) mass is 350 g/mol. The van der Waals surface area contributed by atoms with Crippen molar-refractivity contribution in [2.45, 2.75) is 19.4 Å². The van der Waals surface area contributed by atoms with E-state index in [1.54, 1.807) is 30.3 Å². The molecule has 2 heterocycles. The molecule has 6 heteroatoms. The number of carbonyl (C=O) groups is 1. The van der Waals surface area contributed by atoms with Crippen LogP contribution in [0, 0.1) is 5.82 Å². The van der Waals surface area contributed by atoms with Gasteiger partial charge in [0, 0.05) is 18.7 Å². The van der Waals surface area contributed by atoms with Gasteiger partial charge in [-0.25, -0.2) is 14.2 Å². The highest BCUT2D eigenvalue weighted by Gasteiger charge is 2.32. The van der Waals surface area contributed by atoms with Crippen LogP contribution in [0.4, 0.5) is 4.39 Å². The lowest BCUT2D eigenvalue weighted by atomic mass is 9.98. The number of hydrogen-bond acceptors (Lipinski definition) is 4. The average Bonchev–Trinajstić information content (AvgIpc) is 3.07. The molecule has 1 aromatic heterocycles. The summed E-state index contributed by atoms with van der Waals surface area (Å²) in [6.07, 6.45) is 0.355. The minimum absolute atomic E-state index is 0.250. The maximum absolute atomic E-state index is 13.2. The Kier molecular flexibility index (Phi) is 3.88. The first-order valence-corrected chi connectivity index (χ1v) is 8.19. The Hall–Kier alpha value is -3.28. The number of nitrogens with zero attached hydrogens (tertiary/aromatic N) is 2. The van der Waals surface area contributed by atoms with Crippen LogP contribution in [0.3, 0.4) is 0 Å². The summed E-state index contributed by atoms with van der Waals surface area (Å²) in [7, 11) is 0. The molecule has 0 spiro atoms. The summed E-state index contributed by atoms with van der Waals surface area (Å²) in [4.78, 5) is 24.4. The number of fused-ring (bicyclic) bond motifs is 1. The highest BCUT2D eigenvalue weighted by Crippen LogP contribution is 2.32. The summed E-state index contributed by atoms with van der Waals surface area (Å²) < 4.78 is 18.6. The molecule has 130 valence electrons.